The van der Waals surface area contributed by atoms with E-state index in [1.54, 1.807) is 18.3 Å². The summed E-state index contributed by atoms with van der Waals surface area (Å²) >= 11 is 2.52. The predicted molar refractivity (Wildman–Crippen MR) is 90.9 cm³/mol. The van der Waals surface area contributed by atoms with Crippen molar-refractivity contribution >= 4 is 34.1 Å². The third-order valence-corrected chi connectivity index (χ3v) is 4.76. The first-order chi connectivity index (χ1) is 11.6. The maximum Gasteiger partial charge on any atom is 0.277 e. The van der Waals surface area contributed by atoms with Crippen molar-refractivity contribution in [2.45, 2.75) is 25.0 Å². The SMILES string of the molecule is CC(C)c1nnc(NC(=O)CSc2nnc(-c3ccccn3)o2)s1. The summed E-state index contributed by atoms with van der Waals surface area (Å²) in [6, 6.07) is 5.41. The van der Waals surface area contributed by atoms with Gasteiger partial charge in [-0.05, 0) is 12.1 Å². The van der Waals surface area contributed by atoms with Gasteiger partial charge in [0.1, 0.15) is 10.7 Å². The average Bonchev–Trinajstić information content (AvgIpc) is 3.23. The van der Waals surface area contributed by atoms with Crippen LogP contribution in [-0.2, 0) is 4.79 Å². The molecule has 24 heavy (non-hydrogen) atoms. The van der Waals surface area contributed by atoms with E-state index in [1.165, 1.54) is 11.3 Å². The zero-order valence-corrected chi connectivity index (χ0v) is 14.6. The van der Waals surface area contributed by atoms with Crippen LogP contribution in [0.25, 0.3) is 11.6 Å². The quantitative estimate of drug-likeness (QED) is 0.667. The van der Waals surface area contributed by atoms with Gasteiger partial charge in [0, 0.05) is 12.1 Å². The van der Waals surface area contributed by atoms with Gasteiger partial charge < -0.3 is 4.42 Å². The molecule has 0 spiro atoms. The second-order valence-electron chi connectivity index (χ2n) is 5.03. The lowest BCUT2D eigenvalue weighted by Crippen LogP contribution is -2.13. The highest BCUT2D eigenvalue weighted by Gasteiger charge is 2.14. The lowest BCUT2D eigenvalue weighted by Gasteiger charge is -1.98. The van der Waals surface area contributed by atoms with E-state index in [4.69, 9.17) is 4.42 Å². The number of carbonyl (C=O) groups is 1. The van der Waals surface area contributed by atoms with Crippen LogP contribution in [0.1, 0.15) is 24.8 Å². The van der Waals surface area contributed by atoms with Gasteiger partial charge in [-0.1, -0.05) is 43.0 Å². The first kappa shape index (κ1) is 16.5. The topological polar surface area (TPSA) is 107 Å². The van der Waals surface area contributed by atoms with Gasteiger partial charge in [-0.25, -0.2) is 0 Å². The Balaban J connectivity index is 1.54. The van der Waals surface area contributed by atoms with Gasteiger partial charge in [-0.2, -0.15) is 0 Å². The number of aromatic nitrogens is 5. The second kappa shape index (κ2) is 7.49. The van der Waals surface area contributed by atoms with Crippen LogP contribution >= 0.6 is 23.1 Å². The molecule has 3 aromatic rings. The minimum Gasteiger partial charge on any atom is -0.410 e. The standard InChI is InChI=1S/C14H14N6O2S2/c1-8(2)12-18-19-13(24-12)16-10(21)7-23-14-20-17-11(22-14)9-5-3-4-6-15-9/h3-6,8H,7H2,1-2H3,(H,16,19,21). The van der Waals surface area contributed by atoms with Crippen LogP contribution in [0.4, 0.5) is 5.13 Å². The summed E-state index contributed by atoms with van der Waals surface area (Å²) in [4.78, 5) is 16.1. The minimum absolute atomic E-state index is 0.139. The molecule has 0 unspecified atom stereocenters. The number of nitrogens with zero attached hydrogens (tertiary/aromatic N) is 5. The summed E-state index contributed by atoms with van der Waals surface area (Å²) in [6.45, 7) is 4.05. The number of amides is 1. The number of hydrogen-bond acceptors (Lipinski definition) is 9. The molecule has 0 radical (unpaired) electrons. The Hall–Kier alpha value is -2.33. The van der Waals surface area contributed by atoms with Crippen LogP contribution in [0.5, 0.6) is 0 Å². The number of rotatable bonds is 6. The van der Waals surface area contributed by atoms with E-state index in [0.29, 0.717) is 21.9 Å². The maximum absolute atomic E-state index is 11.9. The Morgan fingerprint density at radius 2 is 2.17 bits per heavy atom. The second-order valence-corrected chi connectivity index (χ2v) is 6.96. The van der Waals surface area contributed by atoms with Crippen LogP contribution in [0, 0.1) is 0 Å². The van der Waals surface area contributed by atoms with Crippen LogP contribution in [-0.4, -0.2) is 37.0 Å². The van der Waals surface area contributed by atoms with Gasteiger partial charge in [0.15, 0.2) is 0 Å². The zero-order chi connectivity index (χ0) is 16.9. The molecule has 0 aliphatic heterocycles. The van der Waals surface area contributed by atoms with Crippen LogP contribution in [0.2, 0.25) is 0 Å². The maximum atomic E-state index is 11.9. The lowest BCUT2D eigenvalue weighted by molar-refractivity contribution is -0.113. The third-order valence-electron chi connectivity index (χ3n) is 2.80. The number of hydrogen-bond donors (Lipinski definition) is 1. The summed E-state index contributed by atoms with van der Waals surface area (Å²) < 4.78 is 5.48. The first-order valence-corrected chi connectivity index (χ1v) is 8.93. The summed E-state index contributed by atoms with van der Waals surface area (Å²) in [5.41, 5.74) is 0.594. The van der Waals surface area contributed by atoms with E-state index in [9.17, 15) is 4.79 Å². The number of nitrogens with one attached hydrogen (secondary N) is 1. The van der Waals surface area contributed by atoms with Crippen molar-refractivity contribution in [3.63, 3.8) is 0 Å². The third kappa shape index (κ3) is 4.15. The van der Waals surface area contributed by atoms with E-state index in [0.717, 1.165) is 16.8 Å². The van der Waals surface area contributed by atoms with Crippen molar-refractivity contribution in [1.82, 2.24) is 25.4 Å². The van der Waals surface area contributed by atoms with Gasteiger partial charge in [0.2, 0.25) is 11.0 Å². The van der Waals surface area contributed by atoms with E-state index < -0.39 is 0 Å². The first-order valence-electron chi connectivity index (χ1n) is 7.13. The molecule has 0 bridgehead atoms. The average molecular weight is 362 g/mol. The normalized spacial score (nSPS) is 11.0. The van der Waals surface area contributed by atoms with E-state index in [-0.39, 0.29) is 17.6 Å². The Labute approximate surface area is 146 Å². The van der Waals surface area contributed by atoms with Crippen molar-refractivity contribution in [3.8, 4) is 11.6 Å². The highest BCUT2D eigenvalue weighted by Crippen LogP contribution is 2.24. The minimum atomic E-state index is -0.205. The Kier molecular flexibility index (Phi) is 5.16. The van der Waals surface area contributed by atoms with Gasteiger partial charge in [0.25, 0.3) is 11.1 Å². The molecule has 0 aliphatic rings. The van der Waals surface area contributed by atoms with Crippen molar-refractivity contribution in [2.24, 2.45) is 0 Å². The van der Waals surface area contributed by atoms with Crippen molar-refractivity contribution < 1.29 is 9.21 Å². The fraction of sp³-hybridized carbons (Fsp3) is 0.286. The zero-order valence-electron chi connectivity index (χ0n) is 13.0. The summed E-state index contributed by atoms with van der Waals surface area (Å²) in [7, 11) is 0. The molecular formula is C14H14N6O2S2. The fourth-order valence-electron chi connectivity index (χ4n) is 1.66. The van der Waals surface area contributed by atoms with Gasteiger partial charge in [0.05, 0.1) is 5.75 Å². The smallest absolute Gasteiger partial charge is 0.277 e. The summed E-state index contributed by atoms with van der Waals surface area (Å²) in [6.07, 6.45) is 1.65. The Bertz CT molecular complexity index is 818. The number of anilines is 1. The molecule has 3 heterocycles. The van der Waals surface area contributed by atoms with Gasteiger partial charge in [-0.3, -0.25) is 15.1 Å². The van der Waals surface area contributed by atoms with Gasteiger partial charge in [-0.15, -0.1) is 20.4 Å². The summed E-state index contributed by atoms with van der Waals surface area (Å²) in [5.74, 6) is 0.541. The number of thioether (sulfide) groups is 1. The number of carbonyl (C=O) groups excluding carboxylic acids is 1. The van der Waals surface area contributed by atoms with E-state index in [2.05, 4.69) is 30.7 Å². The van der Waals surface area contributed by atoms with Crippen molar-refractivity contribution in [2.75, 3.05) is 11.1 Å². The number of pyridine rings is 1. The molecule has 0 atom stereocenters. The molecule has 0 saturated carbocycles. The lowest BCUT2D eigenvalue weighted by atomic mass is 10.2. The van der Waals surface area contributed by atoms with Crippen molar-refractivity contribution in [3.05, 3.63) is 29.4 Å². The molecule has 124 valence electrons. The molecule has 3 aromatic heterocycles. The molecule has 0 fully saturated rings. The molecule has 0 aromatic carbocycles. The van der Waals surface area contributed by atoms with E-state index >= 15 is 0 Å². The Morgan fingerprint density at radius 1 is 1.29 bits per heavy atom. The monoisotopic (exact) mass is 362 g/mol. The highest BCUT2D eigenvalue weighted by molar-refractivity contribution is 7.99. The molecule has 10 heteroatoms. The molecule has 3 rings (SSSR count). The van der Waals surface area contributed by atoms with Gasteiger partial charge >= 0.3 is 0 Å². The largest absolute Gasteiger partial charge is 0.410 e. The summed E-state index contributed by atoms with van der Waals surface area (Å²) in [5, 5.41) is 20.2. The van der Waals surface area contributed by atoms with Crippen LogP contribution in [0.15, 0.2) is 34.0 Å². The van der Waals surface area contributed by atoms with Crippen LogP contribution < -0.4 is 5.32 Å². The van der Waals surface area contributed by atoms with Crippen molar-refractivity contribution in [1.29, 1.82) is 0 Å². The Morgan fingerprint density at radius 3 is 2.88 bits per heavy atom. The molecule has 8 nitrogen and oxygen atoms in total. The van der Waals surface area contributed by atoms with Crippen LogP contribution in [0.3, 0.4) is 0 Å². The predicted octanol–water partition coefficient (Wildman–Crippen LogP) is 2.84. The van der Waals surface area contributed by atoms with E-state index in [1.807, 2.05) is 19.9 Å². The fourth-order valence-corrected chi connectivity index (χ4v) is 2.99. The molecule has 1 amide bonds. The molecule has 0 aliphatic carbocycles. The molecular weight excluding hydrogens is 348 g/mol. The molecule has 1 N–H and O–H groups in total. The molecule has 0 saturated heterocycles. The highest BCUT2D eigenvalue weighted by atomic mass is 32.2.